The van der Waals surface area contributed by atoms with E-state index < -0.39 is 25.2 Å². The van der Waals surface area contributed by atoms with E-state index in [9.17, 15) is 18.0 Å². The zero-order valence-electron chi connectivity index (χ0n) is 21.4. The zero-order valence-corrected chi connectivity index (χ0v) is 21.4. The third kappa shape index (κ3) is 15.1. The van der Waals surface area contributed by atoms with Gasteiger partial charge in [-0.25, -0.2) is 4.79 Å². The van der Waals surface area contributed by atoms with Crippen LogP contribution < -0.4 is 15.0 Å². The summed E-state index contributed by atoms with van der Waals surface area (Å²) in [6, 6.07) is 5.66. The average Bonchev–Trinajstić information content (AvgIpc) is 2.74. The van der Waals surface area contributed by atoms with Crippen molar-refractivity contribution in [2.75, 3.05) is 18.0 Å². The summed E-state index contributed by atoms with van der Waals surface area (Å²) < 4.78 is 45.7. The number of nitrogens with zero attached hydrogens (tertiary/aromatic N) is 1. The van der Waals surface area contributed by atoms with Crippen LogP contribution in [0.3, 0.4) is 0 Å². The maximum atomic E-state index is 12.2. The molecule has 0 bridgehead atoms. The van der Waals surface area contributed by atoms with Crippen LogP contribution in [0.1, 0.15) is 54.4 Å². The number of hydrogen-bond donors (Lipinski definition) is 3. The second-order valence-electron chi connectivity index (χ2n) is 8.49. The smallest absolute Gasteiger partial charge is 0.444 e. The number of allylic oxidation sites excluding steroid dienone is 3. The highest BCUT2D eigenvalue weighted by molar-refractivity contribution is 6.50. The molecule has 1 saturated heterocycles. The normalized spacial score (nSPS) is 16.0. The van der Waals surface area contributed by atoms with E-state index in [4.69, 9.17) is 14.8 Å². The Morgan fingerprint density at radius 3 is 2.20 bits per heavy atom. The molecule has 35 heavy (non-hydrogen) atoms. The van der Waals surface area contributed by atoms with Crippen LogP contribution in [-0.4, -0.2) is 54.4 Å². The van der Waals surface area contributed by atoms with E-state index in [1.54, 1.807) is 45.9 Å². The summed E-state index contributed by atoms with van der Waals surface area (Å²) >= 11 is 0. The number of alkyl halides is 3. The summed E-state index contributed by atoms with van der Waals surface area (Å²) in [5, 5.41) is 19.6. The van der Waals surface area contributed by atoms with E-state index in [2.05, 4.69) is 16.6 Å². The van der Waals surface area contributed by atoms with Crippen molar-refractivity contribution >= 4 is 18.9 Å². The molecular formula is C24H38BF3N2O5. The van der Waals surface area contributed by atoms with Gasteiger partial charge in [-0.1, -0.05) is 32.6 Å². The fourth-order valence-electron chi connectivity index (χ4n) is 2.93. The molecule has 1 aliphatic heterocycles. The van der Waals surface area contributed by atoms with Crippen LogP contribution >= 0.6 is 0 Å². The highest BCUT2D eigenvalue weighted by Gasteiger charge is 2.31. The largest absolute Gasteiger partial charge is 0.573 e. The number of halogens is 3. The predicted molar refractivity (Wildman–Crippen MR) is 133 cm³/mol. The van der Waals surface area contributed by atoms with Crippen molar-refractivity contribution in [3.05, 3.63) is 48.5 Å². The molecule has 1 heterocycles. The molecule has 3 N–H and O–H groups in total. The van der Waals surface area contributed by atoms with Gasteiger partial charge in [0.15, 0.2) is 0 Å². The first-order chi connectivity index (χ1) is 16.2. The van der Waals surface area contributed by atoms with Gasteiger partial charge in [0.1, 0.15) is 11.4 Å². The molecule has 2 rings (SSSR count). The second kappa shape index (κ2) is 15.4. The van der Waals surface area contributed by atoms with E-state index >= 15 is 0 Å². The number of hydrogen-bond acceptors (Lipinski definition) is 6. The Morgan fingerprint density at radius 1 is 1.20 bits per heavy atom. The molecule has 0 saturated carbocycles. The standard InChI is InChI=1S/C17H23F3N2O3.C5H9BO2.C2H6/c1-16(2,3)25-15(23)21-12-5-4-10-22(11-12)13-6-8-14(9-7-13)24-17(18,19)20;1-3-4-5(2)6(7)8;1-2/h6-9,12H,4-5,10-11H2,1-3H3,(H,21,23);3-4,7-8H,1H2,2H3;1-2H3/b;5-4+;. The molecule has 0 radical (unpaired) electrons. The first-order valence-corrected chi connectivity index (χ1v) is 11.5. The Labute approximate surface area is 206 Å². The van der Waals surface area contributed by atoms with Crippen LogP contribution in [0.4, 0.5) is 23.7 Å². The summed E-state index contributed by atoms with van der Waals surface area (Å²) in [5.41, 5.74) is 0.720. The van der Waals surface area contributed by atoms with Crippen LogP contribution in [-0.2, 0) is 4.74 Å². The lowest BCUT2D eigenvalue weighted by Crippen LogP contribution is -2.49. The van der Waals surface area contributed by atoms with Crippen LogP contribution in [0.5, 0.6) is 5.75 Å². The van der Waals surface area contributed by atoms with Gasteiger partial charge in [-0.3, -0.25) is 0 Å². The predicted octanol–water partition coefficient (Wildman–Crippen LogP) is 5.24. The number of anilines is 1. The number of benzene rings is 1. The third-order valence-corrected chi connectivity index (χ3v) is 4.37. The topological polar surface area (TPSA) is 91.3 Å². The number of carbonyl (C=O) groups excluding carboxylic acids is 1. The van der Waals surface area contributed by atoms with Gasteiger partial charge in [0.05, 0.1) is 0 Å². The summed E-state index contributed by atoms with van der Waals surface area (Å²) in [6.45, 7) is 15.7. The number of rotatable bonds is 5. The minimum atomic E-state index is -4.70. The van der Waals surface area contributed by atoms with E-state index in [0.29, 0.717) is 12.0 Å². The van der Waals surface area contributed by atoms with Gasteiger partial charge in [0.25, 0.3) is 0 Å². The maximum absolute atomic E-state index is 12.2. The number of piperidine rings is 1. The fourth-order valence-corrected chi connectivity index (χ4v) is 2.93. The molecule has 1 atom stereocenters. The minimum absolute atomic E-state index is 0.0744. The van der Waals surface area contributed by atoms with Crippen molar-refractivity contribution < 1.29 is 37.5 Å². The molecular weight excluding hydrogens is 464 g/mol. The Bertz CT molecular complexity index is 794. The SMILES string of the molecule is C=C/C=C(\C)B(O)O.CC.CC(C)(C)OC(=O)NC1CCCN(c2ccc(OC(F)(F)F)cc2)C1. The Balaban J connectivity index is 0.000000982. The number of amides is 1. The molecule has 1 aliphatic rings. The highest BCUT2D eigenvalue weighted by atomic mass is 19.4. The van der Waals surface area contributed by atoms with Gasteiger partial charge >= 0.3 is 19.6 Å². The Kier molecular flexibility index (Phi) is 14.2. The van der Waals surface area contributed by atoms with Crippen LogP contribution in [0.15, 0.2) is 48.5 Å². The Morgan fingerprint density at radius 2 is 1.77 bits per heavy atom. The summed E-state index contributed by atoms with van der Waals surface area (Å²) in [7, 11) is -1.34. The number of alkyl carbamates (subject to hydrolysis) is 1. The van der Waals surface area contributed by atoms with Crippen molar-refractivity contribution in [2.24, 2.45) is 0 Å². The second-order valence-corrected chi connectivity index (χ2v) is 8.49. The molecule has 0 spiro atoms. The van der Waals surface area contributed by atoms with Crippen molar-refractivity contribution in [3.8, 4) is 5.75 Å². The summed E-state index contributed by atoms with van der Waals surface area (Å²) in [4.78, 5) is 13.9. The van der Waals surface area contributed by atoms with E-state index in [0.717, 1.165) is 25.1 Å². The van der Waals surface area contributed by atoms with Crippen LogP contribution in [0.2, 0.25) is 0 Å². The quantitative estimate of drug-likeness (QED) is 0.377. The molecule has 198 valence electrons. The van der Waals surface area contributed by atoms with E-state index in [-0.39, 0.29) is 11.8 Å². The third-order valence-electron chi connectivity index (χ3n) is 4.37. The highest BCUT2D eigenvalue weighted by Crippen LogP contribution is 2.27. The van der Waals surface area contributed by atoms with Gasteiger partial charge in [-0.15, -0.1) is 13.2 Å². The van der Waals surface area contributed by atoms with Crippen molar-refractivity contribution in [1.82, 2.24) is 5.32 Å². The van der Waals surface area contributed by atoms with Crippen molar-refractivity contribution in [1.29, 1.82) is 0 Å². The zero-order chi connectivity index (χ0) is 27.2. The van der Waals surface area contributed by atoms with E-state index in [1.807, 2.05) is 18.7 Å². The van der Waals surface area contributed by atoms with Gasteiger partial charge in [-0.2, -0.15) is 0 Å². The van der Waals surface area contributed by atoms with Gasteiger partial charge in [0, 0.05) is 24.8 Å². The summed E-state index contributed by atoms with van der Waals surface area (Å²) in [5.74, 6) is -0.253. The first-order valence-electron chi connectivity index (χ1n) is 11.5. The molecule has 7 nitrogen and oxygen atoms in total. The Hall–Kier alpha value is -2.66. The first kappa shape index (κ1) is 32.3. The van der Waals surface area contributed by atoms with Gasteiger partial charge in [0.2, 0.25) is 0 Å². The molecule has 1 aromatic carbocycles. The molecule has 11 heteroatoms. The van der Waals surface area contributed by atoms with Crippen LogP contribution in [0.25, 0.3) is 0 Å². The lowest BCUT2D eigenvalue weighted by Gasteiger charge is -2.35. The minimum Gasteiger partial charge on any atom is -0.444 e. The fraction of sp³-hybridized carbons (Fsp3) is 0.542. The molecule has 1 aromatic rings. The molecule has 1 amide bonds. The monoisotopic (exact) mass is 502 g/mol. The van der Waals surface area contributed by atoms with Gasteiger partial charge in [-0.05, 0) is 70.3 Å². The van der Waals surface area contributed by atoms with Crippen molar-refractivity contribution in [3.63, 3.8) is 0 Å². The number of carbonyl (C=O) groups is 1. The molecule has 0 aliphatic carbocycles. The molecule has 1 unspecified atom stereocenters. The van der Waals surface area contributed by atoms with Gasteiger partial charge < -0.3 is 29.7 Å². The lowest BCUT2D eigenvalue weighted by atomic mass is 9.81. The van der Waals surface area contributed by atoms with Crippen molar-refractivity contribution in [2.45, 2.75) is 72.4 Å². The number of nitrogens with one attached hydrogen (secondary N) is 1. The summed E-state index contributed by atoms with van der Waals surface area (Å²) in [6.07, 6.45) is -0.422. The van der Waals surface area contributed by atoms with E-state index in [1.165, 1.54) is 18.2 Å². The molecule has 1 fully saturated rings. The number of ether oxygens (including phenoxy) is 2. The molecule has 0 aromatic heterocycles. The van der Waals surface area contributed by atoms with Crippen LogP contribution in [0, 0.1) is 0 Å². The maximum Gasteiger partial charge on any atom is 0.573 e. The lowest BCUT2D eigenvalue weighted by molar-refractivity contribution is -0.274. The average molecular weight is 502 g/mol.